The fourth-order valence-corrected chi connectivity index (χ4v) is 0. The summed E-state index contributed by atoms with van der Waals surface area (Å²) in [7, 11) is 0. The smallest absolute Gasteiger partial charge is 0.319 e. The standard InChI is InChI=1S/2C4H10.Cu.2H3O3PS/c2*1-4(2)3;;2*1-4(2,3)5/h2*4H,1-3H3;;2*(H3,1,2,3,5). The van der Waals surface area contributed by atoms with Gasteiger partial charge in [-0.15, -0.1) is 0 Å². The van der Waals surface area contributed by atoms with Gasteiger partial charge < -0.3 is 29.4 Å². The molecule has 0 fully saturated rings. The first-order valence-electron chi connectivity index (χ1n) is 5.03. The van der Waals surface area contributed by atoms with Gasteiger partial charge in [-0.2, -0.15) is 0 Å². The van der Waals surface area contributed by atoms with E-state index in [1.165, 1.54) is 0 Å². The SMILES string of the molecule is CC(C)C.CC(C)C.OP(O)(O)=S.OP(O)(O)=S.[Cu]. The van der Waals surface area contributed by atoms with Gasteiger partial charge >= 0.3 is 13.4 Å². The van der Waals surface area contributed by atoms with Crippen molar-refractivity contribution in [3.8, 4) is 0 Å². The summed E-state index contributed by atoms with van der Waals surface area (Å²) in [6.45, 7) is 5.39. The molecule has 0 aliphatic heterocycles. The molecule has 11 heteroatoms. The Labute approximate surface area is 136 Å². The van der Waals surface area contributed by atoms with E-state index >= 15 is 0 Å². The van der Waals surface area contributed by atoms with E-state index in [1.54, 1.807) is 0 Å². The zero-order valence-corrected chi connectivity index (χ0v) is 16.2. The van der Waals surface area contributed by atoms with Gasteiger partial charge in [0, 0.05) is 17.1 Å². The van der Waals surface area contributed by atoms with Gasteiger partial charge in [-0.25, -0.2) is 0 Å². The molecule has 0 saturated carbocycles. The molecule has 0 heterocycles. The molecule has 0 aliphatic carbocycles. The molecule has 0 aromatic carbocycles. The second kappa shape index (κ2) is 17.6. The normalized spacial score (nSPS) is 10.0. The van der Waals surface area contributed by atoms with Gasteiger partial charge in [0.1, 0.15) is 0 Å². The third-order valence-electron chi connectivity index (χ3n) is 0. The summed E-state index contributed by atoms with van der Waals surface area (Å²) in [6, 6.07) is 0. The summed E-state index contributed by atoms with van der Waals surface area (Å²) >= 11 is 7.21. The average molecular weight is 408 g/mol. The topological polar surface area (TPSA) is 121 Å². The van der Waals surface area contributed by atoms with Crippen LogP contribution in [-0.2, 0) is 40.7 Å². The molecule has 0 amide bonds. The monoisotopic (exact) mass is 407 g/mol. The Hall–Kier alpha value is 1.58. The van der Waals surface area contributed by atoms with E-state index < -0.39 is 13.4 Å². The maximum Gasteiger partial charge on any atom is 0.319 e. The molecule has 0 saturated heterocycles. The van der Waals surface area contributed by atoms with Crippen molar-refractivity contribution in [3.63, 3.8) is 0 Å². The van der Waals surface area contributed by atoms with Crippen LogP contribution >= 0.6 is 13.4 Å². The van der Waals surface area contributed by atoms with E-state index in [4.69, 9.17) is 29.4 Å². The van der Waals surface area contributed by atoms with Gasteiger partial charge in [0.25, 0.3) is 0 Å². The molecule has 127 valence electrons. The van der Waals surface area contributed by atoms with Gasteiger partial charge in [-0.3, -0.25) is 0 Å². The fourth-order valence-electron chi connectivity index (χ4n) is 0. The quantitative estimate of drug-likeness (QED) is 0.265. The molecule has 0 rings (SSSR count). The molecule has 6 nitrogen and oxygen atoms in total. The van der Waals surface area contributed by atoms with Crippen LogP contribution in [0.15, 0.2) is 0 Å². The first-order valence-corrected chi connectivity index (χ1v) is 10.4. The minimum Gasteiger partial charge on any atom is -0.325 e. The van der Waals surface area contributed by atoms with Gasteiger partial charge in [0.2, 0.25) is 0 Å². The fraction of sp³-hybridized carbons (Fsp3) is 1.00. The van der Waals surface area contributed by atoms with Crippen molar-refractivity contribution in [1.29, 1.82) is 0 Å². The largest absolute Gasteiger partial charge is 0.325 e. The molecule has 0 aromatic rings. The molecule has 1 radical (unpaired) electrons. The second-order valence-corrected chi connectivity index (χ2v) is 9.48. The number of hydrogen-bond acceptors (Lipinski definition) is 2. The van der Waals surface area contributed by atoms with Crippen molar-refractivity contribution in [1.82, 2.24) is 0 Å². The van der Waals surface area contributed by atoms with Crippen molar-refractivity contribution < 1.29 is 46.4 Å². The van der Waals surface area contributed by atoms with Crippen LogP contribution in [0.4, 0.5) is 0 Å². The van der Waals surface area contributed by atoms with Crippen LogP contribution in [0.5, 0.6) is 0 Å². The minimum atomic E-state index is -3.81. The van der Waals surface area contributed by atoms with Crippen LogP contribution in [0.1, 0.15) is 41.5 Å². The molecule has 0 unspecified atom stereocenters. The van der Waals surface area contributed by atoms with E-state index in [2.05, 4.69) is 65.2 Å². The van der Waals surface area contributed by atoms with Crippen LogP contribution in [0.3, 0.4) is 0 Å². The minimum absolute atomic E-state index is 0. The first-order chi connectivity index (χ1) is 7.46. The molecule has 19 heavy (non-hydrogen) atoms. The third kappa shape index (κ3) is 2430. The summed E-state index contributed by atoms with van der Waals surface area (Å²) in [5, 5.41) is 0. The Kier molecular flexibility index (Phi) is 30.2. The molecule has 0 spiro atoms. The van der Waals surface area contributed by atoms with E-state index in [1.807, 2.05) is 0 Å². The van der Waals surface area contributed by atoms with Crippen LogP contribution < -0.4 is 0 Å². The molecule has 0 atom stereocenters. The van der Waals surface area contributed by atoms with Gasteiger partial charge in [-0.05, 0) is 35.4 Å². The first kappa shape index (κ1) is 32.5. The number of hydrogen-bond donors (Lipinski definition) is 6. The van der Waals surface area contributed by atoms with Gasteiger partial charge in [0.15, 0.2) is 0 Å². The number of rotatable bonds is 0. The van der Waals surface area contributed by atoms with E-state index in [0.29, 0.717) is 0 Å². The zero-order chi connectivity index (χ0) is 16.2. The predicted octanol–water partition coefficient (Wildman–Crippen LogP) is 1.70. The van der Waals surface area contributed by atoms with Crippen LogP contribution in [0.2, 0.25) is 0 Å². The Bertz CT molecular complexity index is 206. The summed E-state index contributed by atoms with van der Waals surface area (Å²) in [5.74, 6) is 1.67. The third-order valence-corrected chi connectivity index (χ3v) is 0. The van der Waals surface area contributed by atoms with E-state index in [9.17, 15) is 0 Å². The Morgan fingerprint density at radius 2 is 0.579 bits per heavy atom. The summed E-state index contributed by atoms with van der Waals surface area (Å²) in [5.41, 5.74) is 0. The second-order valence-electron chi connectivity index (χ2n) is 4.49. The van der Waals surface area contributed by atoms with Crippen molar-refractivity contribution in [2.75, 3.05) is 0 Å². The van der Waals surface area contributed by atoms with Crippen molar-refractivity contribution in [2.24, 2.45) is 11.8 Å². The summed E-state index contributed by atoms with van der Waals surface area (Å²) in [6.07, 6.45) is 0. The van der Waals surface area contributed by atoms with E-state index in [-0.39, 0.29) is 17.1 Å². The molecule has 0 aliphatic rings. The molecule has 0 aromatic heterocycles. The van der Waals surface area contributed by atoms with Crippen LogP contribution in [-0.4, -0.2) is 29.4 Å². The molecule has 0 bridgehead atoms. The Balaban J connectivity index is -0.0000000453. The molecular weight excluding hydrogens is 382 g/mol. The zero-order valence-electron chi connectivity index (χ0n) is 11.9. The van der Waals surface area contributed by atoms with Crippen molar-refractivity contribution >= 4 is 37.1 Å². The van der Waals surface area contributed by atoms with Gasteiger partial charge in [0.05, 0.1) is 0 Å². The van der Waals surface area contributed by atoms with E-state index in [0.717, 1.165) is 11.8 Å². The van der Waals surface area contributed by atoms with Gasteiger partial charge in [-0.1, -0.05) is 41.5 Å². The predicted molar refractivity (Wildman–Crippen MR) is 82.9 cm³/mol. The summed E-state index contributed by atoms with van der Waals surface area (Å²) in [4.78, 5) is 45.3. The molecule has 6 N–H and O–H groups in total. The molecular formula is C8H26CuO6P2S2. The Morgan fingerprint density at radius 1 is 0.579 bits per heavy atom. The Morgan fingerprint density at radius 3 is 0.579 bits per heavy atom. The summed E-state index contributed by atoms with van der Waals surface area (Å²) < 4.78 is 0. The van der Waals surface area contributed by atoms with Crippen LogP contribution in [0.25, 0.3) is 0 Å². The average Bonchev–Trinajstić information content (AvgIpc) is 1.70. The maximum atomic E-state index is 7.56. The maximum absolute atomic E-state index is 7.56. The van der Waals surface area contributed by atoms with Crippen LogP contribution in [0, 0.1) is 11.8 Å². The van der Waals surface area contributed by atoms with Crippen molar-refractivity contribution in [3.05, 3.63) is 0 Å². The van der Waals surface area contributed by atoms with Crippen molar-refractivity contribution in [2.45, 2.75) is 41.5 Å².